The molecule has 0 bridgehead atoms. The maximum atomic E-state index is 11.6. The molecule has 3 heterocycles. The predicted molar refractivity (Wildman–Crippen MR) is 101 cm³/mol. The molecule has 7 heteroatoms. The number of aromatic nitrogens is 2. The van der Waals surface area contributed by atoms with Gasteiger partial charge in [0.25, 0.3) is 0 Å². The van der Waals surface area contributed by atoms with Crippen LogP contribution in [-0.4, -0.2) is 21.7 Å². The lowest BCUT2D eigenvalue weighted by Crippen LogP contribution is -2.21. The molecule has 4 rings (SSSR count). The van der Waals surface area contributed by atoms with E-state index in [9.17, 15) is 4.79 Å². The molecule has 0 aliphatic carbocycles. The minimum atomic E-state index is -0.780. The topological polar surface area (TPSA) is 56.5 Å². The SMILES string of the molecule is Cc1cc(Cl)cc2c1N=C(c1cccn1-c1ncccc1Cl)OC2C=O. The third kappa shape index (κ3) is 2.79. The van der Waals surface area contributed by atoms with Crippen molar-refractivity contribution in [3.05, 3.63) is 75.7 Å². The van der Waals surface area contributed by atoms with E-state index < -0.39 is 6.10 Å². The van der Waals surface area contributed by atoms with E-state index in [-0.39, 0.29) is 0 Å². The molecular formula is C19H13Cl2N3O2. The minimum Gasteiger partial charge on any atom is -0.460 e. The van der Waals surface area contributed by atoms with Gasteiger partial charge in [0.2, 0.25) is 5.90 Å². The molecule has 1 atom stereocenters. The molecule has 0 saturated heterocycles. The number of benzene rings is 1. The minimum absolute atomic E-state index is 0.326. The van der Waals surface area contributed by atoms with Crippen LogP contribution in [0.2, 0.25) is 10.0 Å². The number of ether oxygens (including phenoxy) is 1. The van der Waals surface area contributed by atoms with Gasteiger partial charge in [0.05, 0.1) is 10.7 Å². The number of aldehydes is 1. The maximum Gasteiger partial charge on any atom is 0.239 e. The Bertz CT molecular complexity index is 1040. The largest absolute Gasteiger partial charge is 0.460 e. The fraction of sp³-hybridized carbons (Fsp3) is 0.105. The van der Waals surface area contributed by atoms with Crippen molar-refractivity contribution in [1.82, 2.24) is 9.55 Å². The average molecular weight is 386 g/mol. The zero-order valence-corrected chi connectivity index (χ0v) is 15.2. The second-order valence-corrected chi connectivity index (χ2v) is 6.67. The van der Waals surface area contributed by atoms with Crippen molar-refractivity contribution < 1.29 is 9.53 Å². The molecule has 1 aliphatic rings. The predicted octanol–water partition coefficient (Wildman–Crippen LogP) is 4.84. The number of aryl methyl sites for hydroxylation is 1. The summed E-state index contributed by atoms with van der Waals surface area (Å²) in [5, 5.41) is 1.04. The second-order valence-electron chi connectivity index (χ2n) is 5.82. The first-order chi connectivity index (χ1) is 12.6. The average Bonchev–Trinajstić information content (AvgIpc) is 3.11. The third-order valence-electron chi connectivity index (χ3n) is 4.11. The molecule has 0 amide bonds. The Morgan fingerprint density at radius 2 is 2.08 bits per heavy atom. The van der Waals surface area contributed by atoms with Gasteiger partial charge in [-0.15, -0.1) is 0 Å². The van der Waals surface area contributed by atoms with E-state index in [0.717, 1.165) is 11.8 Å². The summed E-state index contributed by atoms with van der Waals surface area (Å²) in [4.78, 5) is 20.6. The molecule has 0 radical (unpaired) electrons. The van der Waals surface area contributed by atoms with E-state index in [1.807, 2.05) is 31.3 Å². The molecular weight excluding hydrogens is 373 g/mol. The zero-order valence-electron chi connectivity index (χ0n) is 13.7. The van der Waals surface area contributed by atoms with Gasteiger partial charge in [0.15, 0.2) is 18.2 Å². The summed E-state index contributed by atoms with van der Waals surface area (Å²) in [6.07, 6.45) is 3.43. The summed E-state index contributed by atoms with van der Waals surface area (Å²) in [7, 11) is 0. The molecule has 1 aromatic carbocycles. The fourth-order valence-electron chi connectivity index (χ4n) is 2.96. The van der Waals surface area contributed by atoms with Gasteiger partial charge in [-0.3, -0.25) is 9.36 Å². The first-order valence-corrected chi connectivity index (χ1v) is 8.63. The van der Waals surface area contributed by atoms with E-state index in [1.54, 1.807) is 29.0 Å². The number of halogens is 2. The number of hydrogen-bond acceptors (Lipinski definition) is 4. The molecule has 0 saturated carbocycles. The standard InChI is InChI=1S/C19H13Cl2N3O2/c1-11-8-12(20)9-13-16(10-25)26-19(23-17(11)13)15-5-3-7-24(15)18-14(21)4-2-6-22-18/h2-10,16H,1H3. The fourth-order valence-corrected chi connectivity index (χ4v) is 3.45. The normalized spacial score (nSPS) is 15.8. The van der Waals surface area contributed by atoms with Gasteiger partial charge in [0, 0.05) is 23.0 Å². The van der Waals surface area contributed by atoms with Gasteiger partial charge in [-0.05, 0) is 48.9 Å². The smallest absolute Gasteiger partial charge is 0.239 e. The molecule has 0 spiro atoms. The van der Waals surface area contributed by atoms with Crippen LogP contribution in [0.1, 0.15) is 22.9 Å². The molecule has 130 valence electrons. The molecule has 0 N–H and O–H groups in total. The lowest BCUT2D eigenvalue weighted by atomic mass is 10.0. The van der Waals surface area contributed by atoms with Crippen molar-refractivity contribution in [1.29, 1.82) is 0 Å². The summed E-state index contributed by atoms with van der Waals surface area (Å²) in [6, 6.07) is 10.7. The highest BCUT2D eigenvalue weighted by atomic mass is 35.5. The number of nitrogens with zero attached hydrogens (tertiary/aromatic N) is 3. The van der Waals surface area contributed by atoms with Gasteiger partial charge in [-0.1, -0.05) is 23.2 Å². The summed E-state index contributed by atoms with van der Waals surface area (Å²) in [5.41, 5.74) is 2.86. The van der Waals surface area contributed by atoms with Crippen molar-refractivity contribution in [2.24, 2.45) is 4.99 Å². The van der Waals surface area contributed by atoms with E-state index in [1.165, 1.54) is 0 Å². The maximum absolute atomic E-state index is 11.6. The van der Waals surface area contributed by atoms with E-state index in [2.05, 4.69) is 9.98 Å². The molecule has 5 nitrogen and oxygen atoms in total. The Hall–Kier alpha value is -2.63. The van der Waals surface area contributed by atoms with Crippen LogP contribution in [0.25, 0.3) is 5.82 Å². The number of aliphatic imine (C=N–C) groups is 1. The van der Waals surface area contributed by atoms with E-state index >= 15 is 0 Å². The Morgan fingerprint density at radius 3 is 2.85 bits per heavy atom. The van der Waals surface area contributed by atoms with Crippen molar-refractivity contribution in [3.63, 3.8) is 0 Å². The molecule has 1 unspecified atom stereocenters. The van der Waals surface area contributed by atoms with Crippen molar-refractivity contribution >= 4 is 41.1 Å². The van der Waals surface area contributed by atoms with Crippen LogP contribution < -0.4 is 0 Å². The highest BCUT2D eigenvalue weighted by Gasteiger charge is 2.28. The highest BCUT2D eigenvalue weighted by Crippen LogP contribution is 2.38. The van der Waals surface area contributed by atoms with Crippen LogP contribution in [0, 0.1) is 6.92 Å². The first kappa shape index (κ1) is 16.8. The Balaban J connectivity index is 1.88. The van der Waals surface area contributed by atoms with Crippen LogP contribution in [0.4, 0.5) is 5.69 Å². The Morgan fingerprint density at radius 1 is 1.23 bits per heavy atom. The van der Waals surface area contributed by atoms with Gasteiger partial charge in [-0.25, -0.2) is 9.98 Å². The van der Waals surface area contributed by atoms with Crippen LogP contribution in [0.3, 0.4) is 0 Å². The van der Waals surface area contributed by atoms with Gasteiger partial charge in [0.1, 0.15) is 5.69 Å². The molecule has 3 aromatic rings. The van der Waals surface area contributed by atoms with Crippen LogP contribution in [0.5, 0.6) is 0 Å². The van der Waals surface area contributed by atoms with Crippen molar-refractivity contribution in [2.45, 2.75) is 13.0 Å². The lowest BCUT2D eigenvalue weighted by molar-refractivity contribution is -0.114. The van der Waals surface area contributed by atoms with Gasteiger partial charge in [-0.2, -0.15) is 0 Å². The quantitative estimate of drug-likeness (QED) is 0.606. The third-order valence-corrected chi connectivity index (χ3v) is 4.63. The Kier molecular flexibility index (Phi) is 4.26. The number of rotatable bonds is 3. The highest BCUT2D eigenvalue weighted by molar-refractivity contribution is 6.32. The second kappa shape index (κ2) is 6.59. The molecule has 1 aliphatic heterocycles. The van der Waals surface area contributed by atoms with Gasteiger partial charge < -0.3 is 4.74 Å². The summed E-state index contributed by atoms with van der Waals surface area (Å²) in [5.74, 6) is 0.883. The molecule has 26 heavy (non-hydrogen) atoms. The number of carbonyl (C=O) groups is 1. The monoisotopic (exact) mass is 385 g/mol. The van der Waals surface area contributed by atoms with E-state index in [0.29, 0.717) is 38.7 Å². The van der Waals surface area contributed by atoms with Gasteiger partial charge >= 0.3 is 0 Å². The van der Waals surface area contributed by atoms with Crippen LogP contribution in [-0.2, 0) is 9.53 Å². The van der Waals surface area contributed by atoms with Crippen molar-refractivity contribution in [3.8, 4) is 5.82 Å². The lowest BCUT2D eigenvalue weighted by Gasteiger charge is -2.24. The Labute approximate surface area is 159 Å². The molecule has 2 aromatic heterocycles. The summed E-state index contributed by atoms with van der Waals surface area (Å²) >= 11 is 12.4. The number of fused-ring (bicyclic) bond motifs is 1. The first-order valence-electron chi connectivity index (χ1n) is 7.88. The summed E-state index contributed by atoms with van der Waals surface area (Å²) < 4.78 is 7.63. The number of hydrogen-bond donors (Lipinski definition) is 0. The molecule has 0 fully saturated rings. The zero-order chi connectivity index (χ0) is 18.3. The van der Waals surface area contributed by atoms with Crippen LogP contribution in [0.15, 0.2) is 53.8 Å². The number of pyridine rings is 1. The van der Waals surface area contributed by atoms with E-state index in [4.69, 9.17) is 27.9 Å². The van der Waals surface area contributed by atoms with Crippen LogP contribution >= 0.6 is 23.2 Å². The van der Waals surface area contributed by atoms with Crippen molar-refractivity contribution in [2.75, 3.05) is 0 Å². The number of carbonyl (C=O) groups excluding carboxylic acids is 1. The summed E-state index contributed by atoms with van der Waals surface area (Å²) in [6.45, 7) is 1.90.